The number of anilines is 1. The van der Waals surface area contributed by atoms with Crippen LogP contribution in [0.15, 0.2) is 18.2 Å². The van der Waals surface area contributed by atoms with Crippen LogP contribution in [0.3, 0.4) is 0 Å². The molecule has 0 aliphatic carbocycles. The summed E-state index contributed by atoms with van der Waals surface area (Å²) in [4.78, 5) is 25.9. The summed E-state index contributed by atoms with van der Waals surface area (Å²) >= 11 is 0. The molecule has 21 heavy (non-hydrogen) atoms. The van der Waals surface area contributed by atoms with Gasteiger partial charge in [-0.1, -0.05) is 32.0 Å². The number of likely N-dealkylation sites (tertiary alicyclic amines) is 1. The number of carbonyl (C=O) groups excluding carboxylic acids is 2. The smallest absolute Gasteiger partial charge is 0.233 e. The first-order valence-corrected chi connectivity index (χ1v) is 7.66. The first-order valence-electron chi connectivity index (χ1n) is 7.66. The van der Waals surface area contributed by atoms with Crippen molar-refractivity contribution in [3.63, 3.8) is 0 Å². The van der Waals surface area contributed by atoms with Crippen molar-refractivity contribution >= 4 is 17.5 Å². The molecule has 1 saturated heterocycles. The van der Waals surface area contributed by atoms with Gasteiger partial charge < -0.3 is 10.2 Å². The van der Waals surface area contributed by atoms with Crippen molar-refractivity contribution in [2.24, 2.45) is 0 Å². The van der Waals surface area contributed by atoms with Crippen LogP contribution in [0.1, 0.15) is 50.2 Å². The molecule has 114 valence electrons. The van der Waals surface area contributed by atoms with Gasteiger partial charge in [0.15, 0.2) is 0 Å². The van der Waals surface area contributed by atoms with Gasteiger partial charge in [-0.15, -0.1) is 0 Å². The van der Waals surface area contributed by atoms with Crippen LogP contribution in [-0.4, -0.2) is 29.8 Å². The summed E-state index contributed by atoms with van der Waals surface area (Å²) in [5.41, 5.74) is 2.99. The Morgan fingerprint density at radius 2 is 1.90 bits per heavy atom. The third-order valence-electron chi connectivity index (χ3n) is 3.96. The summed E-state index contributed by atoms with van der Waals surface area (Å²) < 4.78 is 0. The van der Waals surface area contributed by atoms with Crippen LogP contribution in [0.2, 0.25) is 0 Å². The number of rotatable bonds is 4. The summed E-state index contributed by atoms with van der Waals surface area (Å²) in [5, 5.41) is 2.93. The fourth-order valence-corrected chi connectivity index (χ4v) is 2.74. The highest BCUT2D eigenvalue weighted by Crippen LogP contribution is 2.27. The van der Waals surface area contributed by atoms with E-state index in [0.29, 0.717) is 5.92 Å². The number of hydrogen-bond donors (Lipinski definition) is 1. The van der Waals surface area contributed by atoms with Crippen molar-refractivity contribution in [3.05, 3.63) is 29.3 Å². The maximum atomic E-state index is 12.1. The SMILES string of the molecule is Cc1cccc(C(C)C)c1NC(=O)CC(=O)N1CCCC1. The van der Waals surface area contributed by atoms with Crippen molar-refractivity contribution in [3.8, 4) is 0 Å². The predicted octanol–water partition coefficient (Wildman–Crippen LogP) is 3.07. The van der Waals surface area contributed by atoms with Crippen LogP contribution in [0.25, 0.3) is 0 Å². The topological polar surface area (TPSA) is 49.4 Å². The molecule has 1 aromatic rings. The van der Waals surface area contributed by atoms with E-state index in [2.05, 4.69) is 19.2 Å². The largest absolute Gasteiger partial charge is 0.342 e. The third kappa shape index (κ3) is 3.84. The highest BCUT2D eigenvalue weighted by molar-refractivity contribution is 6.04. The molecule has 0 spiro atoms. The first-order chi connectivity index (χ1) is 9.99. The lowest BCUT2D eigenvalue weighted by atomic mass is 9.98. The zero-order chi connectivity index (χ0) is 15.4. The highest BCUT2D eigenvalue weighted by Gasteiger charge is 2.21. The van der Waals surface area contributed by atoms with Gasteiger partial charge in [-0.05, 0) is 36.8 Å². The molecule has 1 aliphatic heterocycles. The number of para-hydroxylation sites is 1. The predicted molar refractivity (Wildman–Crippen MR) is 84.3 cm³/mol. The van der Waals surface area contributed by atoms with Crippen LogP contribution < -0.4 is 5.32 Å². The molecular weight excluding hydrogens is 264 g/mol. The molecule has 1 heterocycles. The number of carbonyl (C=O) groups is 2. The lowest BCUT2D eigenvalue weighted by Crippen LogP contribution is -2.31. The minimum atomic E-state index is -0.219. The number of nitrogens with zero attached hydrogens (tertiary/aromatic N) is 1. The van der Waals surface area contributed by atoms with Crippen molar-refractivity contribution in [2.75, 3.05) is 18.4 Å². The number of aryl methyl sites for hydroxylation is 1. The standard InChI is InChI=1S/C17H24N2O2/c1-12(2)14-8-6-7-13(3)17(14)18-15(20)11-16(21)19-9-4-5-10-19/h6-8,12H,4-5,9-11H2,1-3H3,(H,18,20). The van der Waals surface area contributed by atoms with Gasteiger partial charge >= 0.3 is 0 Å². The van der Waals surface area contributed by atoms with E-state index in [4.69, 9.17) is 0 Å². The van der Waals surface area contributed by atoms with Gasteiger partial charge in [-0.25, -0.2) is 0 Å². The third-order valence-corrected chi connectivity index (χ3v) is 3.96. The molecule has 1 aliphatic rings. The molecule has 1 aromatic carbocycles. The summed E-state index contributed by atoms with van der Waals surface area (Å²) in [6, 6.07) is 6.00. The van der Waals surface area contributed by atoms with Crippen molar-refractivity contribution < 1.29 is 9.59 Å². The second-order valence-electron chi connectivity index (χ2n) is 6.01. The van der Waals surface area contributed by atoms with E-state index in [-0.39, 0.29) is 18.2 Å². The molecule has 0 saturated carbocycles. The maximum Gasteiger partial charge on any atom is 0.233 e. The average molecular weight is 288 g/mol. The van der Waals surface area contributed by atoms with E-state index in [1.165, 1.54) is 0 Å². The lowest BCUT2D eigenvalue weighted by molar-refractivity contribution is -0.133. The molecule has 1 N–H and O–H groups in total. The fraction of sp³-hybridized carbons (Fsp3) is 0.529. The molecule has 4 heteroatoms. The van der Waals surface area contributed by atoms with Crippen LogP contribution in [-0.2, 0) is 9.59 Å². The van der Waals surface area contributed by atoms with Crippen molar-refractivity contribution in [1.82, 2.24) is 4.90 Å². The van der Waals surface area contributed by atoms with Crippen LogP contribution >= 0.6 is 0 Å². The van der Waals surface area contributed by atoms with Gasteiger partial charge in [0.05, 0.1) is 0 Å². The highest BCUT2D eigenvalue weighted by atomic mass is 16.2. The number of amides is 2. The van der Waals surface area contributed by atoms with Gasteiger partial charge in [-0.2, -0.15) is 0 Å². The zero-order valence-corrected chi connectivity index (χ0v) is 13.1. The second kappa shape index (κ2) is 6.74. The Hall–Kier alpha value is -1.84. The molecule has 0 bridgehead atoms. The summed E-state index contributed by atoms with van der Waals surface area (Å²) in [5.74, 6) is 0.0438. The van der Waals surface area contributed by atoms with Crippen LogP contribution in [0.5, 0.6) is 0 Å². The van der Waals surface area contributed by atoms with Gasteiger partial charge in [0, 0.05) is 18.8 Å². The molecule has 0 radical (unpaired) electrons. The molecule has 0 aromatic heterocycles. The maximum absolute atomic E-state index is 12.1. The molecular formula is C17H24N2O2. The van der Waals surface area contributed by atoms with Gasteiger partial charge in [0.25, 0.3) is 0 Å². The van der Waals surface area contributed by atoms with E-state index in [1.807, 2.05) is 25.1 Å². The normalized spacial score (nSPS) is 14.6. The van der Waals surface area contributed by atoms with Crippen molar-refractivity contribution in [2.45, 2.75) is 46.0 Å². The molecule has 0 atom stereocenters. The Balaban J connectivity index is 2.04. The molecule has 2 rings (SSSR count). The Kier molecular flexibility index (Phi) is 4.99. The summed E-state index contributed by atoms with van der Waals surface area (Å²) in [7, 11) is 0. The monoisotopic (exact) mass is 288 g/mol. The molecule has 4 nitrogen and oxygen atoms in total. The number of hydrogen-bond acceptors (Lipinski definition) is 2. The number of benzene rings is 1. The first kappa shape index (κ1) is 15.5. The lowest BCUT2D eigenvalue weighted by Gasteiger charge is -2.18. The van der Waals surface area contributed by atoms with Crippen LogP contribution in [0.4, 0.5) is 5.69 Å². The molecule has 1 fully saturated rings. The minimum Gasteiger partial charge on any atom is -0.342 e. The van der Waals surface area contributed by atoms with E-state index in [0.717, 1.165) is 42.7 Å². The molecule has 0 unspecified atom stereocenters. The van der Waals surface area contributed by atoms with E-state index >= 15 is 0 Å². The zero-order valence-electron chi connectivity index (χ0n) is 13.1. The van der Waals surface area contributed by atoms with Gasteiger partial charge in [0.2, 0.25) is 11.8 Å². The van der Waals surface area contributed by atoms with Gasteiger partial charge in [-0.3, -0.25) is 9.59 Å². The average Bonchev–Trinajstić information content (AvgIpc) is 2.94. The van der Waals surface area contributed by atoms with E-state index in [9.17, 15) is 9.59 Å². The summed E-state index contributed by atoms with van der Waals surface area (Å²) in [6.45, 7) is 7.74. The van der Waals surface area contributed by atoms with Crippen LogP contribution in [0, 0.1) is 6.92 Å². The Bertz CT molecular complexity index is 532. The Morgan fingerprint density at radius 3 is 2.52 bits per heavy atom. The number of nitrogens with one attached hydrogen (secondary N) is 1. The Labute approximate surface area is 126 Å². The van der Waals surface area contributed by atoms with Gasteiger partial charge in [0.1, 0.15) is 6.42 Å². The summed E-state index contributed by atoms with van der Waals surface area (Å²) in [6.07, 6.45) is 2.02. The van der Waals surface area contributed by atoms with Crippen molar-refractivity contribution in [1.29, 1.82) is 0 Å². The Morgan fingerprint density at radius 1 is 1.24 bits per heavy atom. The fourth-order valence-electron chi connectivity index (χ4n) is 2.74. The quantitative estimate of drug-likeness (QED) is 0.866. The second-order valence-corrected chi connectivity index (χ2v) is 6.01. The van der Waals surface area contributed by atoms with E-state index in [1.54, 1.807) is 4.90 Å². The minimum absolute atomic E-state index is 0.0636. The van der Waals surface area contributed by atoms with E-state index < -0.39 is 0 Å². The molecule has 2 amide bonds.